The van der Waals surface area contributed by atoms with Crippen LogP contribution in [0.5, 0.6) is 0 Å². The molecule has 0 unspecified atom stereocenters. The predicted molar refractivity (Wildman–Crippen MR) is 74.2 cm³/mol. The Kier molecular flexibility index (Phi) is 3.14. The highest BCUT2D eigenvalue weighted by Gasteiger charge is 2.16. The number of benzene rings is 1. The van der Waals surface area contributed by atoms with Crippen LogP contribution in [0, 0.1) is 0 Å². The van der Waals surface area contributed by atoms with Crippen LogP contribution < -0.4 is 11.1 Å². The first-order valence-corrected chi connectivity index (χ1v) is 7.17. The maximum Gasteiger partial charge on any atom is 0.0346 e. The van der Waals surface area contributed by atoms with Crippen molar-refractivity contribution in [2.75, 3.05) is 0 Å². The van der Waals surface area contributed by atoms with E-state index in [0.29, 0.717) is 6.54 Å². The van der Waals surface area contributed by atoms with Gasteiger partial charge >= 0.3 is 0 Å². The summed E-state index contributed by atoms with van der Waals surface area (Å²) in [6.45, 7) is 1.62. The van der Waals surface area contributed by atoms with Gasteiger partial charge in [0.1, 0.15) is 0 Å². The van der Waals surface area contributed by atoms with Crippen molar-refractivity contribution in [2.24, 2.45) is 5.73 Å². The molecule has 3 N–H and O–H groups in total. The van der Waals surface area contributed by atoms with Crippen LogP contribution in [-0.4, -0.2) is 6.04 Å². The smallest absolute Gasteiger partial charge is 0.0346 e. The standard InChI is InChI=1S/C14H18N2S/c15-7-10-4-5-14-13(6-10)11(9-17-14)8-16-12-2-1-3-12/h4-6,9,12,16H,1-3,7-8,15H2. The zero-order valence-electron chi connectivity index (χ0n) is 9.91. The minimum Gasteiger partial charge on any atom is -0.326 e. The second kappa shape index (κ2) is 4.77. The van der Waals surface area contributed by atoms with Gasteiger partial charge in [0.2, 0.25) is 0 Å². The van der Waals surface area contributed by atoms with Crippen molar-refractivity contribution in [2.45, 2.75) is 38.4 Å². The Morgan fingerprint density at radius 3 is 2.94 bits per heavy atom. The summed E-state index contributed by atoms with van der Waals surface area (Å²) in [6, 6.07) is 7.31. The molecule has 1 heterocycles. The normalized spacial score (nSPS) is 16.3. The van der Waals surface area contributed by atoms with E-state index in [9.17, 15) is 0 Å². The van der Waals surface area contributed by atoms with Crippen LogP contribution in [0.25, 0.3) is 10.1 Å². The molecule has 1 aromatic heterocycles. The molecule has 2 aromatic rings. The SMILES string of the molecule is NCc1ccc2scc(CNC3CCC3)c2c1. The Morgan fingerprint density at radius 2 is 2.24 bits per heavy atom. The van der Waals surface area contributed by atoms with E-state index in [-0.39, 0.29) is 0 Å². The van der Waals surface area contributed by atoms with Gasteiger partial charge < -0.3 is 11.1 Å². The lowest BCUT2D eigenvalue weighted by atomic mass is 9.93. The average Bonchev–Trinajstić information content (AvgIpc) is 2.69. The summed E-state index contributed by atoms with van der Waals surface area (Å²) >= 11 is 1.83. The topological polar surface area (TPSA) is 38.0 Å². The van der Waals surface area contributed by atoms with Gasteiger partial charge in [0.05, 0.1) is 0 Å². The number of rotatable bonds is 4. The van der Waals surface area contributed by atoms with Crippen molar-refractivity contribution >= 4 is 21.4 Å². The zero-order chi connectivity index (χ0) is 11.7. The molecule has 0 saturated heterocycles. The highest BCUT2D eigenvalue weighted by Crippen LogP contribution is 2.27. The number of fused-ring (bicyclic) bond motifs is 1. The summed E-state index contributed by atoms with van der Waals surface area (Å²) in [6.07, 6.45) is 4.08. The van der Waals surface area contributed by atoms with E-state index in [1.165, 1.54) is 40.5 Å². The van der Waals surface area contributed by atoms with E-state index in [0.717, 1.165) is 12.6 Å². The van der Waals surface area contributed by atoms with E-state index in [1.54, 1.807) is 0 Å². The van der Waals surface area contributed by atoms with E-state index >= 15 is 0 Å². The third kappa shape index (κ3) is 2.23. The first kappa shape index (κ1) is 11.2. The van der Waals surface area contributed by atoms with Gasteiger partial charge in [0, 0.05) is 23.8 Å². The Hall–Kier alpha value is -0.900. The van der Waals surface area contributed by atoms with Crippen LogP contribution in [0.4, 0.5) is 0 Å². The fourth-order valence-electron chi connectivity index (χ4n) is 2.26. The van der Waals surface area contributed by atoms with E-state index in [1.807, 2.05) is 11.3 Å². The largest absolute Gasteiger partial charge is 0.326 e. The van der Waals surface area contributed by atoms with E-state index in [2.05, 4.69) is 28.9 Å². The molecule has 0 bridgehead atoms. The molecule has 1 aliphatic carbocycles. The van der Waals surface area contributed by atoms with Crippen LogP contribution in [0.1, 0.15) is 30.4 Å². The Morgan fingerprint density at radius 1 is 1.35 bits per heavy atom. The molecule has 3 heteroatoms. The molecule has 2 nitrogen and oxygen atoms in total. The van der Waals surface area contributed by atoms with Gasteiger partial charge in [-0.05, 0) is 46.9 Å². The van der Waals surface area contributed by atoms with Gasteiger partial charge in [0.15, 0.2) is 0 Å². The Balaban J connectivity index is 1.82. The van der Waals surface area contributed by atoms with Gasteiger partial charge in [0.25, 0.3) is 0 Å². The third-order valence-corrected chi connectivity index (χ3v) is 4.65. The fourth-order valence-corrected chi connectivity index (χ4v) is 3.20. The summed E-state index contributed by atoms with van der Waals surface area (Å²) < 4.78 is 1.37. The molecular formula is C14H18N2S. The zero-order valence-corrected chi connectivity index (χ0v) is 10.7. The molecule has 1 aromatic carbocycles. The molecule has 1 fully saturated rings. The molecule has 17 heavy (non-hydrogen) atoms. The lowest BCUT2D eigenvalue weighted by molar-refractivity contribution is 0.339. The first-order valence-electron chi connectivity index (χ1n) is 6.29. The van der Waals surface area contributed by atoms with Crippen LogP contribution in [0.3, 0.4) is 0 Å². The molecule has 0 atom stereocenters. The van der Waals surface area contributed by atoms with Gasteiger partial charge in [-0.3, -0.25) is 0 Å². The van der Waals surface area contributed by atoms with E-state index < -0.39 is 0 Å². The maximum absolute atomic E-state index is 5.70. The van der Waals surface area contributed by atoms with E-state index in [4.69, 9.17) is 5.73 Å². The molecule has 1 saturated carbocycles. The lowest BCUT2D eigenvalue weighted by Gasteiger charge is -2.26. The Bertz CT molecular complexity index is 514. The predicted octanol–water partition coefficient (Wildman–Crippen LogP) is 3.00. The highest BCUT2D eigenvalue weighted by molar-refractivity contribution is 7.17. The molecule has 0 spiro atoms. The van der Waals surface area contributed by atoms with Crippen molar-refractivity contribution in [1.29, 1.82) is 0 Å². The second-order valence-electron chi connectivity index (χ2n) is 4.80. The maximum atomic E-state index is 5.70. The molecular weight excluding hydrogens is 228 g/mol. The summed E-state index contributed by atoms with van der Waals surface area (Å²) in [5, 5.41) is 7.28. The Labute approximate surface area is 106 Å². The summed E-state index contributed by atoms with van der Waals surface area (Å²) in [5.74, 6) is 0. The number of nitrogens with two attached hydrogens (primary N) is 1. The fraction of sp³-hybridized carbons (Fsp3) is 0.429. The molecule has 3 rings (SSSR count). The summed E-state index contributed by atoms with van der Waals surface area (Å²) in [7, 11) is 0. The summed E-state index contributed by atoms with van der Waals surface area (Å²) in [4.78, 5) is 0. The van der Waals surface area contributed by atoms with Gasteiger partial charge in [-0.25, -0.2) is 0 Å². The minimum absolute atomic E-state index is 0.626. The number of nitrogens with one attached hydrogen (secondary N) is 1. The van der Waals surface area contributed by atoms with Crippen LogP contribution >= 0.6 is 11.3 Å². The number of hydrogen-bond donors (Lipinski definition) is 2. The van der Waals surface area contributed by atoms with Crippen molar-refractivity contribution in [3.8, 4) is 0 Å². The number of hydrogen-bond acceptors (Lipinski definition) is 3. The number of thiophene rings is 1. The van der Waals surface area contributed by atoms with Gasteiger partial charge in [-0.15, -0.1) is 11.3 Å². The van der Waals surface area contributed by atoms with Crippen molar-refractivity contribution in [3.63, 3.8) is 0 Å². The first-order chi connectivity index (χ1) is 8.36. The quantitative estimate of drug-likeness (QED) is 0.870. The third-order valence-electron chi connectivity index (χ3n) is 3.64. The van der Waals surface area contributed by atoms with Gasteiger partial charge in [-0.1, -0.05) is 12.5 Å². The molecule has 0 radical (unpaired) electrons. The lowest BCUT2D eigenvalue weighted by Crippen LogP contribution is -2.34. The highest BCUT2D eigenvalue weighted by atomic mass is 32.1. The molecule has 90 valence electrons. The van der Waals surface area contributed by atoms with Crippen molar-refractivity contribution in [3.05, 3.63) is 34.7 Å². The van der Waals surface area contributed by atoms with Crippen LogP contribution in [0.2, 0.25) is 0 Å². The molecule has 0 aliphatic heterocycles. The monoisotopic (exact) mass is 246 g/mol. The average molecular weight is 246 g/mol. The summed E-state index contributed by atoms with van der Waals surface area (Å²) in [5.41, 5.74) is 8.35. The van der Waals surface area contributed by atoms with Crippen LogP contribution in [-0.2, 0) is 13.1 Å². The molecule has 0 amide bonds. The molecule has 1 aliphatic rings. The second-order valence-corrected chi connectivity index (χ2v) is 5.72. The minimum atomic E-state index is 0.626. The van der Waals surface area contributed by atoms with Gasteiger partial charge in [-0.2, -0.15) is 0 Å². The van der Waals surface area contributed by atoms with Crippen molar-refractivity contribution < 1.29 is 0 Å². The van der Waals surface area contributed by atoms with Crippen molar-refractivity contribution in [1.82, 2.24) is 5.32 Å². The van der Waals surface area contributed by atoms with Crippen LogP contribution in [0.15, 0.2) is 23.6 Å².